The smallest absolute Gasteiger partial charge is 0.308 e. The van der Waals surface area contributed by atoms with Gasteiger partial charge >= 0.3 is 5.97 Å². The van der Waals surface area contributed by atoms with Crippen molar-refractivity contribution in [1.82, 2.24) is 5.32 Å². The Morgan fingerprint density at radius 2 is 2.07 bits per heavy atom. The molecule has 0 heterocycles. The van der Waals surface area contributed by atoms with E-state index >= 15 is 0 Å². The Morgan fingerprint density at radius 3 is 2.53 bits per heavy atom. The normalized spacial score (nSPS) is 25.7. The highest BCUT2D eigenvalue weighted by Gasteiger charge is 2.26. The van der Waals surface area contributed by atoms with Crippen LogP contribution in [0.5, 0.6) is 0 Å². The Morgan fingerprint density at radius 1 is 1.47 bits per heavy atom. The minimum absolute atomic E-state index is 0.0186. The quantitative estimate of drug-likeness (QED) is 0.361. The second-order valence-corrected chi connectivity index (χ2v) is 4.04. The molecule has 5 nitrogen and oxygen atoms in total. The number of methoxy groups -OCH3 is 1. The van der Waals surface area contributed by atoms with Crippen molar-refractivity contribution in [3.8, 4) is 0 Å². The predicted octanol–water partition coefficient (Wildman–Crippen LogP) is 0.449. The third-order valence-electron chi connectivity index (χ3n) is 2.96. The molecule has 0 aromatic heterocycles. The molecule has 0 aliphatic heterocycles. The molecule has 0 unspecified atom stereocenters. The fraction of sp³-hybridized carbons (Fsp3) is 0.800. The van der Waals surface area contributed by atoms with Gasteiger partial charge in [0.05, 0.1) is 13.0 Å². The zero-order chi connectivity index (χ0) is 11.3. The fourth-order valence-corrected chi connectivity index (χ4v) is 2.02. The minimum atomic E-state index is -0.0898. The summed E-state index contributed by atoms with van der Waals surface area (Å²) in [5.41, 5.74) is 5.20. The first-order valence-electron chi connectivity index (χ1n) is 5.29. The third-order valence-corrected chi connectivity index (χ3v) is 2.96. The molecule has 0 bridgehead atoms. The van der Waals surface area contributed by atoms with Crippen molar-refractivity contribution < 1.29 is 9.53 Å². The summed E-state index contributed by atoms with van der Waals surface area (Å²) in [5, 5.41) is 9.86. The van der Waals surface area contributed by atoms with Crippen LogP contribution in [0.4, 0.5) is 0 Å². The molecule has 0 saturated heterocycles. The number of esters is 1. The zero-order valence-electron chi connectivity index (χ0n) is 9.08. The van der Waals surface area contributed by atoms with Crippen LogP contribution in [-0.4, -0.2) is 25.6 Å². The van der Waals surface area contributed by atoms with Gasteiger partial charge < -0.3 is 15.8 Å². The molecule has 0 spiro atoms. The summed E-state index contributed by atoms with van der Waals surface area (Å²) < 4.78 is 4.71. The van der Waals surface area contributed by atoms with Crippen LogP contribution in [0.1, 0.15) is 25.7 Å². The van der Waals surface area contributed by atoms with Crippen LogP contribution < -0.4 is 11.1 Å². The number of hydrogen-bond acceptors (Lipinski definition) is 3. The molecular formula is C10H19N3O2. The summed E-state index contributed by atoms with van der Waals surface area (Å²) in [6, 6.07) is 0. The predicted molar refractivity (Wildman–Crippen MR) is 57.4 cm³/mol. The summed E-state index contributed by atoms with van der Waals surface area (Å²) in [6.07, 6.45) is 3.77. The van der Waals surface area contributed by atoms with Gasteiger partial charge in [-0.2, -0.15) is 0 Å². The highest BCUT2D eigenvalue weighted by molar-refractivity contribution is 5.74. The van der Waals surface area contributed by atoms with Gasteiger partial charge in [-0.3, -0.25) is 10.2 Å². The van der Waals surface area contributed by atoms with Crippen LogP contribution in [0.25, 0.3) is 0 Å². The van der Waals surface area contributed by atoms with Crippen molar-refractivity contribution in [3.63, 3.8) is 0 Å². The molecule has 15 heavy (non-hydrogen) atoms. The first-order chi connectivity index (χ1) is 7.13. The molecule has 5 heteroatoms. The number of carbonyl (C=O) groups is 1. The van der Waals surface area contributed by atoms with Gasteiger partial charge in [0.15, 0.2) is 5.96 Å². The topological polar surface area (TPSA) is 88.2 Å². The lowest BCUT2D eigenvalue weighted by Gasteiger charge is -2.26. The molecule has 0 aromatic carbocycles. The summed E-state index contributed by atoms with van der Waals surface area (Å²) >= 11 is 0. The molecule has 86 valence electrons. The van der Waals surface area contributed by atoms with E-state index in [9.17, 15) is 4.79 Å². The molecule has 1 saturated carbocycles. The Hall–Kier alpha value is -1.26. The minimum Gasteiger partial charge on any atom is -0.469 e. The number of hydrogen-bond donors (Lipinski definition) is 3. The Balaban J connectivity index is 2.23. The number of ether oxygens (including phenoxy) is 1. The van der Waals surface area contributed by atoms with Gasteiger partial charge in [-0.25, -0.2) is 0 Å². The standard InChI is InChI=1S/C10H19N3O2/c1-15-9(14)8-4-2-7(3-5-8)6-13-10(11)12/h7-8H,2-6H2,1H3,(H4,11,12,13)/t7-,8-. The van der Waals surface area contributed by atoms with E-state index in [-0.39, 0.29) is 17.8 Å². The van der Waals surface area contributed by atoms with Gasteiger partial charge in [-0.1, -0.05) is 0 Å². The lowest BCUT2D eigenvalue weighted by atomic mass is 9.82. The molecule has 0 amide bonds. The van der Waals surface area contributed by atoms with E-state index in [1.165, 1.54) is 7.11 Å². The summed E-state index contributed by atoms with van der Waals surface area (Å²) in [6.45, 7) is 0.739. The molecule has 1 rings (SSSR count). The molecule has 0 aromatic rings. The van der Waals surface area contributed by atoms with E-state index in [0.717, 1.165) is 32.2 Å². The number of carbonyl (C=O) groups excluding carboxylic acids is 1. The van der Waals surface area contributed by atoms with Crippen LogP contribution in [0.15, 0.2) is 0 Å². The Bertz CT molecular complexity index is 235. The van der Waals surface area contributed by atoms with E-state index in [2.05, 4.69) is 5.32 Å². The van der Waals surface area contributed by atoms with E-state index in [0.29, 0.717) is 5.92 Å². The SMILES string of the molecule is COC(=O)[C@H]1CC[C@H](CNC(=N)N)CC1. The van der Waals surface area contributed by atoms with Crippen molar-refractivity contribution in [3.05, 3.63) is 0 Å². The van der Waals surface area contributed by atoms with Crippen LogP contribution in [0.2, 0.25) is 0 Å². The zero-order valence-corrected chi connectivity index (χ0v) is 9.08. The summed E-state index contributed by atoms with van der Waals surface area (Å²) in [5.74, 6) is 0.524. The summed E-state index contributed by atoms with van der Waals surface area (Å²) in [4.78, 5) is 11.2. The maximum Gasteiger partial charge on any atom is 0.308 e. The van der Waals surface area contributed by atoms with Crippen LogP contribution in [0, 0.1) is 17.2 Å². The highest BCUT2D eigenvalue weighted by Crippen LogP contribution is 2.28. The van der Waals surface area contributed by atoms with Gasteiger partial charge in [-0.15, -0.1) is 0 Å². The van der Waals surface area contributed by atoms with Gasteiger partial charge in [0.2, 0.25) is 0 Å². The van der Waals surface area contributed by atoms with Gasteiger partial charge in [0, 0.05) is 6.54 Å². The first kappa shape index (κ1) is 11.8. The van der Waals surface area contributed by atoms with E-state index < -0.39 is 0 Å². The first-order valence-corrected chi connectivity index (χ1v) is 5.29. The number of nitrogens with two attached hydrogens (primary N) is 1. The second kappa shape index (κ2) is 5.58. The Kier molecular flexibility index (Phi) is 4.39. The molecule has 1 aliphatic rings. The van der Waals surface area contributed by atoms with E-state index in [1.807, 2.05) is 0 Å². The largest absolute Gasteiger partial charge is 0.469 e. The highest BCUT2D eigenvalue weighted by atomic mass is 16.5. The van der Waals surface area contributed by atoms with Crippen LogP contribution in [0.3, 0.4) is 0 Å². The average molecular weight is 213 g/mol. The molecular weight excluding hydrogens is 194 g/mol. The fourth-order valence-electron chi connectivity index (χ4n) is 2.02. The van der Waals surface area contributed by atoms with Crippen LogP contribution in [-0.2, 0) is 9.53 Å². The van der Waals surface area contributed by atoms with Gasteiger partial charge in [-0.05, 0) is 31.6 Å². The van der Waals surface area contributed by atoms with E-state index in [1.54, 1.807) is 0 Å². The number of nitrogens with one attached hydrogen (secondary N) is 2. The van der Waals surface area contributed by atoms with Crippen LogP contribution >= 0.6 is 0 Å². The lowest BCUT2D eigenvalue weighted by Crippen LogP contribution is -2.36. The molecule has 0 atom stereocenters. The third kappa shape index (κ3) is 3.77. The second-order valence-electron chi connectivity index (χ2n) is 4.04. The van der Waals surface area contributed by atoms with Gasteiger partial charge in [0.25, 0.3) is 0 Å². The summed E-state index contributed by atoms with van der Waals surface area (Å²) in [7, 11) is 1.44. The van der Waals surface area contributed by atoms with Gasteiger partial charge in [0.1, 0.15) is 0 Å². The Labute approximate surface area is 89.9 Å². The molecule has 1 fully saturated rings. The number of guanidine groups is 1. The maximum atomic E-state index is 11.2. The maximum absolute atomic E-state index is 11.2. The van der Waals surface area contributed by atoms with Crippen molar-refractivity contribution in [2.75, 3.05) is 13.7 Å². The average Bonchev–Trinajstić information content (AvgIpc) is 2.26. The van der Waals surface area contributed by atoms with Crippen molar-refractivity contribution in [2.24, 2.45) is 17.6 Å². The molecule has 1 aliphatic carbocycles. The number of rotatable bonds is 3. The van der Waals surface area contributed by atoms with Crippen molar-refractivity contribution >= 4 is 11.9 Å². The van der Waals surface area contributed by atoms with Crippen molar-refractivity contribution in [1.29, 1.82) is 5.41 Å². The molecule has 4 N–H and O–H groups in total. The molecule has 0 radical (unpaired) electrons. The van der Waals surface area contributed by atoms with E-state index in [4.69, 9.17) is 15.9 Å². The lowest BCUT2D eigenvalue weighted by molar-refractivity contribution is -0.146. The monoisotopic (exact) mass is 213 g/mol. The van der Waals surface area contributed by atoms with Crippen molar-refractivity contribution in [2.45, 2.75) is 25.7 Å².